The van der Waals surface area contributed by atoms with Gasteiger partial charge >= 0.3 is 0 Å². The molecule has 1 saturated heterocycles. The van der Waals surface area contributed by atoms with Crippen molar-refractivity contribution < 1.29 is 19.7 Å². The summed E-state index contributed by atoms with van der Waals surface area (Å²) in [5.41, 5.74) is 1.71. The molecule has 0 saturated carbocycles. The minimum absolute atomic E-state index is 0.116. The normalized spacial score (nSPS) is 36.7. The van der Waals surface area contributed by atoms with Crippen molar-refractivity contribution in [1.29, 1.82) is 0 Å². The molecule has 0 bridgehead atoms. The highest BCUT2D eigenvalue weighted by atomic mass is 16.5. The van der Waals surface area contributed by atoms with Crippen molar-refractivity contribution in [2.24, 2.45) is 15.9 Å². The highest BCUT2D eigenvalue weighted by Crippen LogP contribution is 2.32. The quantitative estimate of drug-likeness (QED) is 0.753. The van der Waals surface area contributed by atoms with E-state index in [9.17, 15) is 5.11 Å². The van der Waals surface area contributed by atoms with Gasteiger partial charge in [-0.15, -0.1) is 0 Å². The number of hydrogen-bond acceptors (Lipinski definition) is 6. The molecule has 0 aromatic carbocycles. The second kappa shape index (κ2) is 4.88. The summed E-state index contributed by atoms with van der Waals surface area (Å²) in [7, 11) is 1.57. The number of aliphatic hydroxyl groups is 2. The molecule has 1 fully saturated rings. The predicted octanol–water partition coefficient (Wildman–Crippen LogP) is 0.0240. The lowest BCUT2D eigenvalue weighted by atomic mass is 9.89. The van der Waals surface area contributed by atoms with Crippen LogP contribution < -0.4 is 0 Å². The van der Waals surface area contributed by atoms with E-state index in [0.29, 0.717) is 12.3 Å². The third kappa shape index (κ3) is 2.01. The zero-order valence-electron chi connectivity index (χ0n) is 10.6. The van der Waals surface area contributed by atoms with Crippen LogP contribution in [0, 0.1) is 5.92 Å². The lowest BCUT2D eigenvalue weighted by Gasteiger charge is -2.24. The van der Waals surface area contributed by atoms with Crippen LogP contribution in [0.1, 0.15) is 6.42 Å². The molecule has 0 aliphatic carbocycles. The van der Waals surface area contributed by atoms with Gasteiger partial charge in [-0.1, -0.05) is 0 Å². The molecule has 3 rings (SSSR count). The largest absolute Gasteiger partial charge is 0.481 e. The van der Waals surface area contributed by atoms with Gasteiger partial charge in [0.05, 0.1) is 43.1 Å². The van der Waals surface area contributed by atoms with Crippen molar-refractivity contribution in [1.82, 2.24) is 0 Å². The van der Waals surface area contributed by atoms with Gasteiger partial charge in [0, 0.05) is 18.8 Å². The summed E-state index contributed by atoms with van der Waals surface area (Å²) in [6.45, 7) is -0.182. The van der Waals surface area contributed by atoms with Crippen LogP contribution in [-0.4, -0.2) is 54.2 Å². The number of allylic oxidation sites excluding steroid dienone is 2. The summed E-state index contributed by atoms with van der Waals surface area (Å²) in [4.78, 5) is 8.61. The average Bonchev–Trinajstić information content (AvgIpc) is 3.03. The molecule has 3 heterocycles. The number of aliphatic hydroxyl groups excluding tert-OH is 2. The van der Waals surface area contributed by atoms with Gasteiger partial charge in [0.2, 0.25) is 5.88 Å². The molecule has 19 heavy (non-hydrogen) atoms. The van der Waals surface area contributed by atoms with E-state index in [1.54, 1.807) is 19.5 Å². The van der Waals surface area contributed by atoms with E-state index in [4.69, 9.17) is 14.6 Å². The van der Waals surface area contributed by atoms with Crippen molar-refractivity contribution >= 4 is 11.9 Å². The summed E-state index contributed by atoms with van der Waals surface area (Å²) < 4.78 is 10.9. The van der Waals surface area contributed by atoms with Crippen LogP contribution in [0.2, 0.25) is 0 Å². The van der Waals surface area contributed by atoms with E-state index in [-0.39, 0.29) is 18.6 Å². The number of nitrogens with zero attached hydrogens (tertiary/aromatic N) is 2. The van der Waals surface area contributed by atoms with E-state index in [1.165, 1.54) is 0 Å². The van der Waals surface area contributed by atoms with Gasteiger partial charge in [-0.2, -0.15) is 0 Å². The molecule has 3 aliphatic rings. The van der Waals surface area contributed by atoms with Crippen LogP contribution in [0.25, 0.3) is 0 Å². The van der Waals surface area contributed by atoms with E-state index in [1.807, 2.05) is 6.08 Å². The Balaban J connectivity index is 1.82. The smallest absolute Gasteiger partial charge is 0.222 e. The fraction of sp³-hybridized carbons (Fsp3) is 0.538. The number of aliphatic imine (C=N–C) groups is 2. The Morgan fingerprint density at radius 2 is 2.37 bits per heavy atom. The number of fused-ring (bicyclic) bond motifs is 1. The first kappa shape index (κ1) is 12.5. The molecule has 6 nitrogen and oxygen atoms in total. The van der Waals surface area contributed by atoms with Crippen LogP contribution in [0.5, 0.6) is 0 Å². The molecular formula is C13H16N2O4. The first-order valence-electron chi connectivity index (χ1n) is 6.26. The summed E-state index contributed by atoms with van der Waals surface area (Å²) >= 11 is 0. The number of methoxy groups -OCH3 is 1. The molecule has 3 aliphatic heterocycles. The molecule has 1 unspecified atom stereocenters. The van der Waals surface area contributed by atoms with Crippen molar-refractivity contribution in [3.8, 4) is 0 Å². The molecule has 0 amide bonds. The van der Waals surface area contributed by atoms with Gasteiger partial charge in [0.15, 0.2) is 0 Å². The highest BCUT2D eigenvalue weighted by Gasteiger charge is 2.41. The fourth-order valence-electron chi connectivity index (χ4n) is 2.67. The molecule has 0 aromatic rings. The Labute approximate surface area is 110 Å². The van der Waals surface area contributed by atoms with Crippen LogP contribution in [0.3, 0.4) is 0 Å². The van der Waals surface area contributed by atoms with Gasteiger partial charge in [0.25, 0.3) is 0 Å². The maximum Gasteiger partial charge on any atom is 0.222 e. The van der Waals surface area contributed by atoms with Crippen LogP contribution >= 0.6 is 0 Å². The van der Waals surface area contributed by atoms with Crippen molar-refractivity contribution in [3.05, 3.63) is 23.7 Å². The first-order chi connectivity index (χ1) is 9.24. The standard InChI is InChI=1S/C13H16N2O4/c1-18-13-7-2-3-14-12(7)8(5-15-13)10-4-9(17)11(6-16)19-10/h2-3,5,8-11,16-17H,4,6H2,1H3/t8?,9-,10+,11+/m0/s1. The highest BCUT2D eigenvalue weighted by molar-refractivity contribution is 6.15. The van der Waals surface area contributed by atoms with Crippen LogP contribution in [0.4, 0.5) is 0 Å². The second-order valence-electron chi connectivity index (χ2n) is 4.76. The van der Waals surface area contributed by atoms with Gasteiger partial charge in [-0.25, -0.2) is 4.99 Å². The second-order valence-corrected chi connectivity index (χ2v) is 4.76. The topological polar surface area (TPSA) is 83.6 Å². The van der Waals surface area contributed by atoms with Gasteiger partial charge in [-0.05, 0) is 6.08 Å². The summed E-state index contributed by atoms with van der Waals surface area (Å²) in [6, 6.07) is 0. The van der Waals surface area contributed by atoms with Crippen molar-refractivity contribution in [2.45, 2.75) is 24.7 Å². The zero-order chi connectivity index (χ0) is 13.4. The Bertz CT molecular complexity index is 495. The molecule has 4 atom stereocenters. The third-order valence-corrected chi connectivity index (χ3v) is 3.66. The monoisotopic (exact) mass is 264 g/mol. The average molecular weight is 264 g/mol. The molecule has 0 radical (unpaired) electrons. The SMILES string of the molecule is COC1=C2C=CN=C2C([C@H]2C[C@H](O)[C@@H](CO)O2)C=N1. The summed E-state index contributed by atoms with van der Waals surface area (Å²) in [5, 5.41) is 18.9. The summed E-state index contributed by atoms with van der Waals surface area (Å²) in [6.07, 6.45) is 4.39. The molecule has 0 aromatic heterocycles. The minimum atomic E-state index is -0.644. The van der Waals surface area contributed by atoms with Crippen molar-refractivity contribution in [2.75, 3.05) is 13.7 Å². The Hall–Kier alpha value is -1.50. The minimum Gasteiger partial charge on any atom is -0.481 e. The lowest BCUT2D eigenvalue weighted by molar-refractivity contribution is -0.0244. The van der Waals surface area contributed by atoms with Crippen molar-refractivity contribution in [3.63, 3.8) is 0 Å². The first-order valence-corrected chi connectivity index (χ1v) is 6.26. The van der Waals surface area contributed by atoms with Crippen LogP contribution in [-0.2, 0) is 9.47 Å². The summed E-state index contributed by atoms with van der Waals surface area (Å²) in [5.74, 6) is 0.427. The van der Waals surface area contributed by atoms with Gasteiger partial charge in [-0.3, -0.25) is 4.99 Å². The maximum absolute atomic E-state index is 9.81. The molecule has 6 heteroatoms. The zero-order valence-corrected chi connectivity index (χ0v) is 10.6. The van der Waals surface area contributed by atoms with Gasteiger partial charge < -0.3 is 19.7 Å². The molecular weight excluding hydrogens is 248 g/mol. The fourth-order valence-corrected chi connectivity index (χ4v) is 2.67. The number of ether oxygens (including phenoxy) is 2. The Kier molecular flexibility index (Phi) is 3.22. The Morgan fingerprint density at radius 3 is 3.05 bits per heavy atom. The van der Waals surface area contributed by atoms with E-state index in [2.05, 4.69) is 9.98 Å². The third-order valence-electron chi connectivity index (χ3n) is 3.66. The van der Waals surface area contributed by atoms with E-state index >= 15 is 0 Å². The predicted molar refractivity (Wildman–Crippen MR) is 69.0 cm³/mol. The van der Waals surface area contributed by atoms with Gasteiger partial charge in [0.1, 0.15) is 6.10 Å². The Morgan fingerprint density at radius 1 is 1.53 bits per heavy atom. The molecule has 2 N–H and O–H groups in total. The molecule has 0 spiro atoms. The maximum atomic E-state index is 9.81. The lowest BCUT2D eigenvalue weighted by Crippen LogP contribution is -2.33. The molecule has 102 valence electrons. The number of rotatable bonds is 3. The van der Waals surface area contributed by atoms with E-state index < -0.39 is 12.2 Å². The number of hydrogen-bond donors (Lipinski definition) is 2. The van der Waals surface area contributed by atoms with E-state index in [0.717, 1.165) is 11.3 Å². The van der Waals surface area contributed by atoms with Crippen LogP contribution in [0.15, 0.2) is 33.7 Å².